The molecule has 0 saturated heterocycles. The molecule has 2 aromatic carbocycles. The largest absolute Gasteiger partial charge is 0.350 e. The van der Waals surface area contributed by atoms with Gasteiger partial charge in [0.15, 0.2) is 0 Å². The molecular weight excluding hydrogens is 336 g/mol. The highest BCUT2D eigenvalue weighted by atomic mass is 35.5. The van der Waals surface area contributed by atoms with Gasteiger partial charge in [-0.05, 0) is 74.2 Å². The first-order valence-electron chi connectivity index (χ1n) is 7.99. The van der Waals surface area contributed by atoms with E-state index in [0.717, 1.165) is 32.8 Å². The van der Waals surface area contributed by atoms with E-state index < -0.39 is 11.8 Å². The van der Waals surface area contributed by atoms with Crippen LogP contribution < -0.4 is 10.2 Å². The zero-order chi connectivity index (χ0) is 18.3. The molecule has 1 aliphatic rings. The predicted octanol–water partition coefficient (Wildman–Crippen LogP) is 4.36. The lowest BCUT2D eigenvalue weighted by Gasteiger charge is -2.16. The zero-order valence-electron chi connectivity index (χ0n) is 14.6. The van der Waals surface area contributed by atoms with Crippen molar-refractivity contribution >= 4 is 34.8 Å². The van der Waals surface area contributed by atoms with Crippen LogP contribution in [0, 0.1) is 27.7 Å². The molecule has 0 aliphatic carbocycles. The van der Waals surface area contributed by atoms with Gasteiger partial charge in [0, 0.05) is 5.69 Å². The number of nitrogens with one attached hydrogen (secondary N) is 1. The smallest absolute Gasteiger partial charge is 0.283 e. The number of halogens is 1. The summed E-state index contributed by atoms with van der Waals surface area (Å²) in [7, 11) is 0. The number of nitrogens with zero attached hydrogens (tertiary/aromatic N) is 1. The van der Waals surface area contributed by atoms with Gasteiger partial charge in [-0.25, -0.2) is 4.90 Å². The monoisotopic (exact) mass is 354 g/mol. The van der Waals surface area contributed by atoms with Crippen LogP contribution in [0.3, 0.4) is 0 Å². The van der Waals surface area contributed by atoms with Crippen molar-refractivity contribution in [2.75, 3.05) is 10.2 Å². The Bertz CT molecular complexity index is 931. The molecule has 5 heteroatoms. The average molecular weight is 355 g/mol. The fourth-order valence-corrected chi connectivity index (χ4v) is 2.89. The second-order valence-corrected chi connectivity index (χ2v) is 6.71. The Hall–Kier alpha value is -2.59. The molecule has 3 rings (SSSR count). The minimum Gasteiger partial charge on any atom is -0.350 e. The molecule has 0 saturated carbocycles. The molecule has 0 aromatic heterocycles. The molecule has 1 heterocycles. The fourth-order valence-electron chi connectivity index (χ4n) is 2.67. The fraction of sp³-hybridized carbons (Fsp3) is 0.200. The lowest BCUT2D eigenvalue weighted by Crippen LogP contribution is -2.32. The molecule has 1 aliphatic heterocycles. The van der Waals surface area contributed by atoms with Crippen molar-refractivity contribution < 1.29 is 9.59 Å². The van der Waals surface area contributed by atoms with E-state index in [1.807, 2.05) is 58.0 Å². The van der Waals surface area contributed by atoms with Gasteiger partial charge in [-0.3, -0.25) is 9.59 Å². The van der Waals surface area contributed by atoms with Gasteiger partial charge in [0.2, 0.25) is 0 Å². The number of amides is 2. The molecule has 0 spiro atoms. The summed E-state index contributed by atoms with van der Waals surface area (Å²) in [6.07, 6.45) is 0. The Morgan fingerprint density at radius 1 is 0.800 bits per heavy atom. The Morgan fingerprint density at radius 3 is 2.00 bits per heavy atom. The molecule has 0 fully saturated rings. The number of hydrogen-bond acceptors (Lipinski definition) is 3. The number of hydrogen-bond donors (Lipinski definition) is 1. The Kier molecular flexibility index (Phi) is 4.39. The quantitative estimate of drug-likeness (QED) is 0.833. The molecular formula is C20H19ClN2O2. The van der Waals surface area contributed by atoms with Crippen LogP contribution in [0.25, 0.3) is 0 Å². The standard InChI is InChI=1S/C20H19ClN2O2/c1-11-5-7-15(9-13(11)3)22-18-17(21)19(24)23(20(18)25)16-8-6-12(2)14(4)10-16/h5-10,22H,1-4H3. The van der Waals surface area contributed by atoms with Crippen LogP contribution in [0.2, 0.25) is 0 Å². The van der Waals surface area contributed by atoms with Crippen molar-refractivity contribution in [2.24, 2.45) is 0 Å². The summed E-state index contributed by atoms with van der Waals surface area (Å²) in [5.41, 5.74) is 5.68. The number of aryl methyl sites for hydroxylation is 4. The van der Waals surface area contributed by atoms with Crippen LogP contribution in [-0.2, 0) is 9.59 Å². The average Bonchev–Trinajstić information content (AvgIpc) is 2.77. The number of carbonyl (C=O) groups is 2. The van der Waals surface area contributed by atoms with Crippen LogP contribution >= 0.6 is 11.6 Å². The first kappa shape index (κ1) is 17.2. The van der Waals surface area contributed by atoms with Crippen LogP contribution in [0.5, 0.6) is 0 Å². The van der Waals surface area contributed by atoms with Crippen LogP contribution in [0.15, 0.2) is 47.1 Å². The van der Waals surface area contributed by atoms with Gasteiger partial charge in [0.05, 0.1) is 5.69 Å². The Morgan fingerprint density at radius 2 is 1.40 bits per heavy atom. The number of anilines is 2. The van der Waals surface area contributed by atoms with E-state index >= 15 is 0 Å². The molecule has 0 bridgehead atoms. The molecule has 2 amide bonds. The summed E-state index contributed by atoms with van der Waals surface area (Å²) < 4.78 is 0. The lowest BCUT2D eigenvalue weighted by molar-refractivity contribution is -0.120. The maximum absolute atomic E-state index is 12.8. The van der Waals surface area contributed by atoms with E-state index in [0.29, 0.717) is 5.69 Å². The van der Waals surface area contributed by atoms with Crippen molar-refractivity contribution in [1.82, 2.24) is 0 Å². The third-order valence-electron chi connectivity index (χ3n) is 4.55. The molecule has 0 atom stereocenters. The van der Waals surface area contributed by atoms with Gasteiger partial charge in [0.1, 0.15) is 10.7 Å². The van der Waals surface area contributed by atoms with E-state index in [9.17, 15) is 9.59 Å². The molecule has 0 unspecified atom stereocenters. The first-order chi connectivity index (χ1) is 11.8. The third-order valence-corrected chi connectivity index (χ3v) is 4.90. The third kappa shape index (κ3) is 3.05. The number of rotatable bonds is 3. The maximum Gasteiger partial charge on any atom is 0.283 e. The molecule has 0 radical (unpaired) electrons. The zero-order valence-corrected chi connectivity index (χ0v) is 15.4. The van der Waals surface area contributed by atoms with Crippen LogP contribution in [-0.4, -0.2) is 11.8 Å². The molecule has 25 heavy (non-hydrogen) atoms. The first-order valence-corrected chi connectivity index (χ1v) is 8.37. The van der Waals surface area contributed by atoms with Gasteiger partial charge in [-0.15, -0.1) is 0 Å². The SMILES string of the molecule is Cc1ccc(NC2=C(Cl)C(=O)N(c3ccc(C)c(C)c3)C2=O)cc1C. The van der Waals surface area contributed by atoms with Crippen molar-refractivity contribution in [3.63, 3.8) is 0 Å². The number of imide groups is 1. The Labute approximate surface area is 152 Å². The van der Waals surface area contributed by atoms with Crippen molar-refractivity contribution in [1.29, 1.82) is 0 Å². The van der Waals surface area contributed by atoms with Gasteiger partial charge >= 0.3 is 0 Å². The van der Waals surface area contributed by atoms with Crippen molar-refractivity contribution in [3.05, 3.63) is 69.4 Å². The molecule has 2 aromatic rings. The van der Waals surface area contributed by atoms with Gasteiger partial charge in [0.25, 0.3) is 11.8 Å². The van der Waals surface area contributed by atoms with E-state index in [-0.39, 0.29) is 10.7 Å². The van der Waals surface area contributed by atoms with E-state index in [1.165, 1.54) is 0 Å². The van der Waals surface area contributed by atoms with E-state index in [2.05, 4.69) is 5.32 Å². The summed E-state index contributed by atoms with van der Waals surface area (Å²) in [6, 6.07) is 11.2. The minimum atomic E-state index is -0.513. The van der Waals surface area contributed by atoms with Crippen molar-refractivity contribution in [2.45, 2.75) is 27.7 Å². The summed E-state index contributed by atoms with van der Waals surface area (Å²) in [5.74, 6) is -0.960. The highest BCUT2D eigenvalue weighted by Crippen LogP contribution is 2.31. The predicted molar refractivity (Wildman–Crippen MR) is 101 cm³/mol. The molecule has 4 nitrogen and oxygen atoms in total. The van der Waals surface area contributed by atoms with Gasteiger partial charge < -0.3 is 5.32 Å². The maximum atomic E-state index is 12.8. The summed E-state index contributed by atoms with van der Waals surface area (Å²) in [5, 5.41) is 2.90. The normalized spacial score (nSPS) is 14.5. The van der Waals surface area contributed by atoms with E-state index in [1.54, 1.807) is 6.07 Å². The number of carbonyl (C=O) groups excluding carboxylic acids is 2. The highest BCUT2D eigenvalue weighted by molar-refractivity contribution is 6.53. The highest BCUT2D eigenvalue weighted by Gasteiger charge is 2.39. The molecule has 1 N–H and O–H groups in total. The second kappa shape index (κ2) is 6.37. The van der Waals surface area contributed by atoms with Crippen LogP contribution in [0.4, 0.5) is 11.4 Å². The second-order valence-electron chi connectivity index (χ2n) is 6.33. The summed E-state index contributed by atoms with van der Waals surface area (Å²) in [4.78, 5) is 26.4. The number of benzene rings is 2. The van der Waals surface area contributed by atoms with Gasteiger partial charge in [-0.1, -0.05) is 23.7 Å². The van der Waals surface area contributed by atoms with Crippen LogP contribution in [0.1, 0.15) is 22.3 Å². The van der Waals surface area contributed by atoms with Gasteiger partial charge in [-0.2, -0.15) is 0 Å². The summed E-state index contributed by atoms with van der Waals surface area (Å²) >= 11 is 6.17. The lowest BCUT2D eigenvalue weighted by atomic mass is 10.1. The molecule has 128 valence electrons. The summed E-state index contributed by atoms with van der Waals surface area (Å²) in [6.45, 7) is 7.91. The van der Waals surface area contributed by atoms with E-state index in [4.69, 9.17) is 11.6 Å². The Balaban J connectivity index is 1.93. The minimum absolute atomic E-state index is 0.0959. The topological polar surface area (TPSA) is 49.4 Å². The van der Waals surface area contributed by atoms with Crippen molar-refractivity contribution in [3.8, 4) is 0 Å².